The van der Waals surface area contributed by atoms with Crippen LogP contribution >= 0.6 is 0 Å². The molecule has 2 unspecified atom stereocenters. The van der Waals surface area contributed by atoms with Crippen molar-refractivity contribution in [2.45, 2.75) is 58.2 Å². The summed E-state index contributed by atoms with van der Waals surface area (Å²) < 4.78 is 6.34. The summed E-state index contributed by atoms with van der Waals surface area (Å²) in [5.41, 5.74) is 4.26. The van der Waals surface area contributed by atoms with Crippen molar-refractivity contribution in [1.29, 1.82) is 0 Å². The minimum absolute atomic E-state index is 0.0790. The molecule has 0 radical (unpaired) electrons. The zero-order chi connectivity index (χ0) is 17.6. The summed E-state index contributed by atoms with van der Waals surface area (Å²) in [6.07, 6.45) is 3.51. The molecule has 1 heterocycles. The molecule has 2 atom stereocenters. The molecule has 0 fully saturated rings. The molecular weight excluding hydrogens is 300 g/mol. The Morgan fingerprint density at radius 3 is 2.67 bits per heavy atom. The molecule has 0 amide bonds. The van der Waals surface area contributed by atoms with E-state index in [1.54, 1.807) is 0 Å². The smallest absolute Gasteiger partial charge is 0.119 e. The van der Waals surface area contributed by atoms with Gasteiger partial charge >= 0.3 is 0 Å². The van der Waals surface area contributed by atoms with Crippen molar-refractivity contribution >= 4 is 0 Å². The zero-order valence-corrected chi connectivity index (χ0v) is 14.9. The minimum atomic E-state index is -0.425. The molecule has 0 spiro atoms. The predicted octanol–water partition coefficient (Wildman–Crippen LogP) is 5.34. The Morgan fingerprint density at radius 1 is 1.33 bits per heavy atom. The van der Waals surface area contributed by atoms with E-state index < -0.39 is 5.60 Å². The van der Waals surface area contributed by atoms with Crippen LogP contribution in [0.3, 0.4) is 0 Å². The highest BCUT2D eigenvalue weighted by atomic mass is 16.5. The van der Waals surface area contributed by atoms with E-state index in [2.05, 4.69) is 51.6 Å². The summed E-state index contributed by atoms with van der Waals surface area (Å²) >= 11 is 0. The van der Waals surface area contributed by atoms with Crippen LogP contribution in [0.15, 0.2) is 53.5 Å². The number of aliphatic hydroxyl groups is 2. The fourth-order valence-corrected chi connectivity index (χ4v) is 3.98. The fraction of sp³-hybridized carbons (Fsp3) is 0.429. The Morgan fingerprint density at radius 2 is 2.04 bits per heavy atom. The molecule has 3 heteroatoms. The highest BCUT2D eigenvalue weighted by molar-refractivity contribution is 5.54. The normalized spacial score (nSPS) is 24.9. The van der Waals surface area contributed by atoms with Crippen LogP contribution in [-0.2, 0) is 10.3 Å². The van der Waals surface area contributed by atoms with E-state index in [0.717, 1.165) is 35.1 Å². The summed E-state index contributed by atoms with van der Waals surface area (Å²) in [5, 5.41) is 21.0. The predicted molar refractivity (Wildman–Crippen MR) is 96.2 cm³/mol. The summed E-state index contributed by atoms with van der Waals surface area (Å²) in [7, 11) is 0. The lowest BCUT2D eigenvalue weighted by Crippen LogP contribution is -2.40. The third-order valence-corrected chi connectivity index (χ3v) is 5.00. The lowest BCUT2D eigenvalue weighted by atomic mass is 9.74. The van der Waals surface area contributed by atoms with Crippen molar-refractivity contribution in [1.82, 2.24) is 0 Å². The molecule has 3 rings (SSSR count). The zero-order valence-electron chi connectivity index (χ0n) is 14.9. The molecule has 2 aliphatic rings. The number of hydrogen-bond donors (Lipinski definition) is 2. The number of aryl methyl sites for hydroxylation is 1. The second-order valence-corrected chi connectivity index (χ2v) is 7.31. The van der Waals surface area contributed by atoms with Crippen LogP contribution in [0.4, 0.5) is 0 Å². The first-order chi connectivity index (χ1) is 11.3. The SMILES string of the molecule is C=C(O)C1=C(O)C2c3cc(C)ccc3C(C)(C)OC2C=C1CCC. The maximum atomic E-state index is 11.0. The third-order valence-electron chi connectivity index (χ3n) is 5.00. The van der Waals surface area contributed by atoms with Crippen molar-refractivity contribution < 1.29 is 14.9 Å². The Labute approximate surface area is 144 Å². The number of aliphatic hydroxyl groups excluding tert-OH is 2. The van der Waals surface area contributed by atoms with Gasteiger partial charge in [-0.1, -0.05) is 49.8 Å². The van der Waals surface area contributed by atoms with E-state index >= 15 is 0 Å². The summed E-state index contributed by atoms with van der Waals surface area (Å²) in [6.45, 7) is 11.9. The van der Waals surface area contributed by atoms with Gasteiger partial charge in [-0.15, -0.1) is 0 Å². The Balaban J connectivity index is 2.22. The van der Waals surface area contributed by atoms with E-state index in [4.69, 9.17) is 4.74 Å². The number of rotatable bonds is 3. The van der Waals surface area contributed by atoms with Gasteiger partial charge in [0, 0.05) is 0 Å². The molecule has 1 aromatic carbocycles. The standard InChI is InChI=1S/C21H26O3/c1-6-7-14-11-17-19(20(23)18(14)13(3)22)15-10-12(2)8-9-16(15)21(4,5)24-17/h8-11,17,19,22-23H,3,6-7H2,1-2,4-5H3. The lowest BCUT2D eigenvalue weighted by molar-refractivity contribution is -0.0803. The van der Waals surface area contributed by atoms with Gasteiger partial charge < -0.3 is 14.9 Å². The fourth-order valence-electron chi connectivity index (χ4n) is 3.98. The molecule has 3 nitrogen and oxygen atoms in total. The Bertz CT molecular complexity index is 752. The van der Waals surface area contributed by atoms with Gasteiger partial charge in [0.2, 0.25) is 0 Å². The maximum absolute atomic E-state index is 11.0. The van der Waals surface area contributed by atoms with Crippen LogP contribution in [0, 0.1) is 6.92 Å². The van der Waals surface area contributed by atoms with Crippen molar-refractivity contribution in [3.63, 3.8) is 0 Å². The highest BCUT2D eigenvalue weighted by Gasteiger charge is 2.44. The van der Waals surface area contributed by atoms with E-state index in [1.807, 2.05) is 6.92 Å². The Kier molecular flexibility index (Phi) is 4.08. The molecule has 1 aromatic rings. The number of allylic oxidation sites excluding steroid dienone is 1. The number of fused-ring (bicyclic) bond motifs is 3. The van der Waals surface area contributed by atoms with Gasteiger partial charge in [0.1, 0.15) is 11.5 Å². The van der Waals surface area contributed by atoms with Crippen molar-refractivity contribution in [3.8, 4) is 0 Å². The van der Waals surface area contributed by atoms with Crippen LogP contribution in [0.25, 0.3) is 0 Å². The van der Waals surface area contributed by atoms with E-state index in [-0.39, 0.29) is 23.5 Å². The van der Waals surface area contributed by atoms with Crippen LogP contribution in [0.1, 0.15) is 56.2 Å². The molecule has 128 valence electrons. The second kappa shape index (κ2) is 5.82. The monoisotopic (exact) mass is 326 g/mol. The molecule has 0 bridgehead atoms. The summed E-state index contributed by atoms with van der Waals surface area (Å²) in [6, 6.07) is 6.26. The van der Waals surface area contributed by atoms with Gasteiger partial charge in [0.15, 0.2) is 0 Å². The highest BCUT2D eigenvalue weighted by Crippen LogP contribution is 2.49. The molecule has 1 aliphatic carbocycles. The Hall–Kier alpha value is -2.00. The van der Waals surface area contributed by atoms with Crippen molar-refractivity contribution in [2.75, 3.05) is 0 Å². The van der Waals surface area contributed by atoms with Crippen LogP contribution in [0.5, 0.6) is 0 Å². The number of hydrogen-bond acceptors (Lipinski definition) is 3. The van der Waals surface area contributed by atoms with Crippen LogP contribution < -0.4 is 0 Å². The van der Waals surface area contributed by atoms with Gasteiger partial charge in [-0.25, -0.2) is 0 Å². The molecule has 0 aromatic heterocycles. The lowest BCUT2D eigenvalue weighted by Gasteiger charge is -2.44. The van der Waals surface area contributed by atoms with E-state index in [9.17, 15) is 10.2 Å². The minimum Gasteiger partial charge on any atom is -0.511 e. The molecular formula is C21H26O3. The first-order valence-electron chi connectivity index (χ1n) is 8.57. The van der Waals surface area contributed by atoms with Gasteiger partial charge in [-0.2, -0.15) is 0 Å². The quantitative estimate of drug-likeness (QED) is 0.737. The molecule has 0 saturated heterocycles. The maximum Gasteiger partial charge on any atom is 0.119 e. The topological polar surface area (TPSA) is 49.7 Å². The van der Waals surface area contributed by atoms with Crippen molar-refractivity contribution in [3.05, 3.63) is 70.2 Å². The average molecular weight is 326 g/mol. The second-order valence-electron chi connectivity index (χ2n) is 7.31. The number of ether oxygens (including phenoxy) is 1. The van der Waals surface area contributed by atoms with Crippen LogP contribution in [0.2, 0.25) is 0 Å². The molecule has 2 N–H and O–H groups in total. The average Bonchev–Trinajstić information content (AvgIpc) is 2.45. The van der Waals surface area contributed by atoms with Gasteiger partial charge in [0.05, 0.1) is 23.2 Å². The summed E-state index contributed by atoms with van der Waals surface area (Å²) in [4.78, 5) is 0. The van der Waals surface area contributed by atoms with Gasteiger partial charge in [0.25, 0.3) is 0 Å². The van der Waals surface area contributed by atoms with Crippen molar-refractivity contribution in [2.24, 2.45) is 0 Å². The first kappa shape index (κ1) is 16.8. The third kappa shape index (κ3) is 2.57. The van der Waals surface area contributed by atoms with E-state index in [1.165, 1.54) is 0 Å². The summed E-state index contributed by atoms with van der Waals surface area (Å²) in [5.74, 6) is -0.210. The first-order valence-corrected chi connectivity index (χ1v) is 8.57. The van der Waals surface area contributed by atoms with Gasteiger partial charge in [-0.05, 0) is 43.9 Å². The molecule has 0 saturated carbocycles. The molecule has 24 heavy (non-hydrogen) atoms. The van der Waals surface area contributed by atoms with Crippen LogP contribution in [-0.4, -0.2) is 16.3 Å². The molecule has 1 aliphatic heterocycles. The largest absolute Gasteiger partial charge is 0.511 e. The van der Waals surface area contributed by atoms with E-state index in [0.29, 0.717) is 5.57 Å². The number of benzene rings is 1. The van der Waals surface area contributed by atoms with Gasteiger partial charge in [-0.3, -0.25) is 0 Å².